The first-order valence-corrected chi connectivity index (χ1v) is 6.79. The van der Waals surface area contributed by atoms with E-state index in [2.05, 4.69) is 0 Å². The second-order valence-corrected chi connectivity index (χ2v) is 6.04. The van der Waals surface area contributed by atoms with Crippen LogP contribution in [-0.2, 0) is 12.6 Å². The molecule has 0 radical (unpaired) electrons. The summed E-state index contributed by atoms with van der Waals surface area (Å²) < 4.78 is 37.0. The van der Waals surface area contributed by atoms with Gasteiger partial charge in [0.05, 0.1) is 11.7 Å². The van der Waals surface area contributed by atoms with Crippen LogP contribution in [0.4, 0.5) is 13.2 Å². The Morgan fingerprint density at radius 2 is 1.72 bits per heavy atom. The number of halogens is 3. The molecule has 0 aliphatic carbocycles. The molecule has 0 aliphatic heterocycles. The van der Waals surface area contributed by atoms with E-state index in [1.165, 1.54) is 12.1 Å². The SMILES string of the molecule is CC(C)SCC(O)Cc1ccc(C(F)(F)F)cc1. The van der Waals surface area contributed by atoms with E-state index in [4.69, 9.17) is 0 Å². The van der Waals surface area contributed by atoms with Crippen LogP contribution in [0.2, 0.25) is 0 Å². The van der Waals surface area contributed by atoms with Crippen LogP contribution in [0.25, 0.3) is 0 Å². The van der Waals surface area contributed by atoms with Gasteiger partial charge in [0.25, 0.3) is 0 Å². The number of aliphatic hydroxyl groups is 1. The van der Waals surface area contributed by atoms with Gasteiger partial charge in [-0.1, -0.05) is 26.0 Å². The van der Waals surface area contributed by atoms with Gasteiger partial charge in [-0.05, 0) is 29.4 Å². The lowest BCUT2D eigenvalue weighted by molar-refractivity contribution is -0.137. The maximum absolute atomic E-state index is 12.3. The van der Waals surface area contributed by atoms with Crippen molar-refractivity contribution in [1.82, 2.24) is 0 Å². The first kappa shape index (κ1) is 15.4. The molecule has 1 atom stereocenters. The zero-order chi connectivity index (χ0) is 13.8. The molecule has 0 aromatic heterocycles. The van der Waals surface area contributed by atoms with Crippen molar-refractivity contribution < 1.29 is 18.3 Å². The van der Waals surface area contributed by atoms with E-state index in [1.807, 2.05) is 13.8 Å². The predicted molar refractivity (Wildman–Crippen MR) is 68.7 cm³/mol. The summed E-state index contributed by atoms with van der Waals surface area (Å²) in [7, 11) is 0. The Hall–Kier alpha value is -0.680. The van der Waals surface area contributed by atoms with Gasteiger partial charge >= 0.3 is 6.18 Å². The summed E-state index contributed by atoms with van der Waals surface area (Å²) in [5.74, 6) is 0.596. The minimum absolute atomic E-state index is 0.387. The van der Waals surface area contributed by atoms with Crippen LogP contribution in [0.1, 0.15) is 25.0 Å². The van der Waals surface area contributed by atoms with Crippen LogP contribution in [0, 0.1) is 0 Å². The lowest BCUT2D eigenvalue weighted by atomic mass is 10.1. The summed E-state index contributed by atoms with van der Waals surface area (Å²) in [5, 5.41) is 10.2. The van der Waals surface area contributed by atoms with Crippen molar-refractivity contribution in [3.05, 3.63) is 35.4 Å². The van der Waals surface area contributed by atoms with Crippen LogP contribution < -0.4 is 0 Å². The molecule has 0 spiro atoms. The molecule has 1 N–H and O–H groups in total. The molecule has 1 unspecified atom stereocenters. The number of thioether (sulfide) groups is 1. The van der Waals surface area contributed by atoms with Gasteiger partial charge in [-0.3, -0.25) is 0 Å². The molecule has 0 amide bonds. The standard InChI is InChI=1S/C13H17F3OS/c1-9(2)18-8-12(17)7-10-3-5-11(6-4-10)13(14,15)16/h3-6,9,12,17H,7-8H2,1-2H3. The minimum atomic E-state index is -4.30. The maximum Gasteiger partial charge on any atom is 0.416 e. The van der Waals surface area contributed by atoms with Gasteiger partial charge in [-0.25, -0.2) is 0 Å². The molecule has 0 saturated carbocycles. The average molecular weight is 278 g/mol. The highest BCUT2D eigenvalue weighted by Crippen LogP contribution is 2.29. The molecule has 0 bridgehead atoms. The highest BCUT2D eigenvalue weighted by atomic mass is 32.2. The number of hydrogen-bond acceptors (Lipinski definition) is 2. The number of benzene rings is 1. The third-order valence-corrected chi connectivity index (χ3v) is 3.62. The van der Waals surface area contributed by atoms with Crippen LogP contribution in [0.15, 0.2) is 24.3 Å². The fraction of sp³-hybridized carbons (Fsp3) is 0.538. The maximum atomic E-state index is 12.3. The zero-order valence-corrected chi connectivity index (χ0v) is 11.2. The molecule has 0 aliphatic rings. The van der Waals surface area contributed by atoms with Crippen molar-refractivity contribution in [3.63, 3.8) is 0 Å². The summed E-state index contributed by atoms with van der Waals surface area (Å²) >= 11 is 1.64. The van der Waals surface area contributed by atoms with Crippen LogP contribution >= 0.6 is 11.8 Å². The smallest absolute Gasteiger partial charge is 0.392 e. The number of aliphatic hydroxyl groups excluding tert-OH is 1. The number of alkyl halides is 3. The van der Waals surface area contributed by atoms with Gasteiger partial charge in [-0.15, -0.1) is 0 Å². The van der Waals surface area contributed by atoms with Gasteiger partial charge in [0.1, 0.15) is 0 Å². The fourth-order valence-corrected chi connectivity index (χ4v) is 2.19. The number of rotatable bonds is 5. The van der Waals surface area contributed by atoms with Crippen molar-refractivity contribution in [3.8, 4) is 0 Å². The fourth-order valence-electron chi connectivity index (χ4n) is 1.46. The normalized spacial score (nSPS) is 13.9. The Balaban J connectivity index is 2.53. The Labute approximate surface area is 109 Å². The Morgan fingerprint density at radius 3 is 2.17 bits per heavy atom. The van der Waals surface area contributed by atoms with E-state index in [9.17, 15) is 18.3 Å². The third-order valence-electron chi connectivity index (χ3n) is 2.37. The largest absolute Gasteiger partial charge is 0.416 e. The molecule has 1 nitrogen and oxygen atoms in total. The minimum Gasteiger partial charge on any atom is -0.392 e. The quantitative estimate of drug-likeness (QED) is 0.885. The Bertz CT molecular complexity index is 359. The lowest BCUT2D eigenvalue weighted by Gasteiger charge is -2.13. The average Bonchev–Trinajstić information content (AvgIpc) is 2.26. The summed E-state index contributed by atoms with van der Waals surface area (Å²) in [6.45, 7) is 4.07. The Kier molecular flexibility index (Phi) is 5.53. The summed E-state index contributed by atoms with van der Waals surface area (Å²) in [6, 6.07) is 4.95. The summed E-state index contributed by atoms with van der Waals surface area (Å²) in [4.78, 5) is 0. The Morgan fingerprint density at radius 1 is 1.17 bits per heavy atom. The van der Waals surface area contributed by atoms with Gasteiger partial charge in [0, 0.05) is 5.75 Å². The number of hydrogen-bond donors (Lipinski definition) is 1. The van der Waals surface area contributed by atoms with Gasteiger partial charge in [-0.2, -0.15) is 24.9 Å². The molecular weight excluding hydrogens is 261 g/mol. The van der Waals surface area contributed by atoms with Gasteiger partial charge < -0.3 is 5.11 Å². The van der Waals surface area contributed by atoms with E-state index < -0.39 is 17.8 Å². The topological polar surface area (TPSA) is 20.2 Å². The molecule has 1 aromatic rings. The molecule has 102 valence electrons. The second kappa shape index (κ2) is 6.48. The lowest BCUT2D eigenvalue weighted by Crippen LogP contribution is -2.15. The van der Waals surface area contributed by atoms with E-state index in [0.29, 0.717) is 17.4 Å². The van der Waals surface area contributed by atoms with Crippen LogP contribution in [-0.4, -0.2) is 22.2 Å². The summed E-state index contributed by atoms with van der Waals surface area (Å²) in [5.41, 5.74) is 0.0668. The first-order chi connectivity index (χ1) is 8.29. The molecular formula is C13H17F3OS. The predicted octanol–water partition coefficient (Wildman–Crippen LogP) is 3.75. The second-order valence-electron chi connectivity index (χ2n) is 4.43. The van der Waals surface area contributed by atoms with Crippen LogP contribution in [0.3, 0.4) is 0 Å². The molecule has 18 heavy (non-hydrogen) atoms. The zero-order valence-electron chi connectivity index (χ0n) is 10.4. The van der Waals surface area contributed by atoms with E-state index in [1.54, 1.807) is 11.8 Å². The molecule has 1 rings (SSSR count). The van der Waals surface area contributed by atoms with Crippen molar-refractivity contribution in [1.29, 1.82) is 0 Å². The van der Waals surface area contributed by atoms with Crippen molar-refractivity contribution >= 4 is 11.8 Å². The van der Waals surface area contributed by atoms with Gasteiger partial charge in [0.15, 0.2) is 0 Å². The third kappa shape index (κ3) is 5.31. The van der Waals surface area contributed by atoms with Gasteiger partial charge in [0.2, 0.25) is 0 Å². The van der Waals surface area contributed by atoms with E-state index >= 15 is 0 Å². The van der Waals surface area contributed by atoms with E-state index in [0.717, 1.165) is 17.7 Å². The van der Waals surface area contributed by atoms with Crippen molar-refractivity contribution in [2.45, 2.75) is 37.8 Å². The summed E-state index contributed by atoms with van der Waals surface area (Å²) in [6.07, 6.45) is -4.43. The molecule has 0 fully saturated rings. The highest BCUT2D eigenvalue weighted by Gasteiger charge is 2.29. The molecule has 5 heteroatoms. The molecule has 1 aromatic carbocycles. The highest BCUT2D eigenvalue weighted by molar-refractivity contribution is 7.99. The van der Waals surface area contributed by atoms with Crippen molar-refractivity contribution in [2.75, 3.05) is 5.75 Å². The monoisotopic (exact) mass is 278 g/mol. The van der Waals surface area contributed by atoms with Crippen molar-refractivity contribution in [2.24, 2.45) is 0 Å². The van der Waals surface area contributed by atoms with E-state index in [-0.39, 0.29) is 0 Å². The molecule has 0 heterocycles. The molecule has 0 saturated heterocycles. The first-order valence-electron chi connectivity index (χ1n) is 5.75. The van der Waals surface area contributed by atoms with Crippen LogP contribution in [0.5, 0.6) is 0 Å².